The zero-order valence-electron chi connectivity index (χ0n) is 10.5. The maximum atomic E-state index is 12.0. The minimum atomic E-state index is -1.08. The van der Waals surface area contributed by atoms with Crippen LogP contribution >= 0.6 is 0 Å². The molecular formula is C13H17NO4. The molecule has 0 aromatic heterocycles. The van der Waals surface area contributed by atoms with Crippen LogP contribution in [0.4, 0.5) is 5.69 Å². The van der Waals surface area contributed by atoms with Gasteiger partial charge < -0.3 is 14.7 Å². The zero-order valence-corrected chi connectivity index (χ0v) is 10.5. The van der Waals surface area contributed by atoms with Crippen molar-refractivity contribution >= 4 is 17.6 Å². The largest absolute Gasteiger partial charge is 0.480 e. The number of amides is 1. The lowest BCUT2D eigenvalue weighted by atomic mass is 10.2. The Morgan fingerprint density at radius 3 is 2.33 bits per heavy atom. The number of para-hydroxylation sites is 1. The normalized spacial score (nSPS) is 10.4. The van der Waals surface area contributed by atoms with E-state index < -0.39 is 12.6 Å². The summed E-state index contributed by atoms with van der Waals surface area (Å²) in [6.07, 6.45) is 0. The van der Waals surface area contributed by atoms with Gasteiger partial charge in [-0.15, -0.1) is 0 Å². The first-order valence-corrected chi connectivity index (χ1v) is 5.69. The molecule has 0 aliphatic heterocycles. The average Bonchev–Trinajstić information content (AvgIpc) is 2.29. The summed E-state index contributed by atoms with van der Waals surface area (Å²) in [6.45, 7) is 3.08. The summed E-state index contributed by atoms with van der Waals surface area (Å²) in [5.41, 5.74) is 0.774. The second kappa shape index (κ2) is 6.76. The van der Waals surface area contributed by atoms with Gasteiger partial charge >= 0.3 is 5.97 Å². The Balaban J connectivity index is 2.68. The van der Waals surface area contributed by atoms with E-state index in [1.54, 1.807) is 4.90 Å². The monoisotopic (exact) mass is 251 g/mol. The molecule has 0 fully saturated rings. The first-order valence-electron chi connectivity index (χ1n) is 5.69. The number of carbonyl (C=O) groups is 2. The molecule has 0 aliphatic rings. The highest BCUT2D eigenvalue weighted by atomic mass is 16.5. The molecule has 18 heavy (non-hydrogen) atoms. The Bertz CT molecular complexity index is 403. The number of ether oxygens (including phenoxy) is 1. The zero-order chi connectivity index (χ0) is 13.5. The Morgan fingerprint density at radius 2 is 1.83 bits per heavy atom. The van der Waals surface area contributed by atoms with Gasteiger partial charge in [-0.25, -0.2) is 4.79 Å². The van der Waals surface area contributed by atoms with E-state index in [4.69, 9.17) is 9.84 Å². The third kappa shape index (κ3) is 4.18. The fourth-order valence-corrected chi connectivity index (χ4v) is 1.61. The Morgan fingerprint density at radius 1 is 1.22 bits per heavy atom. The van der Waals surface area contributed by atoms with E-state index in [9.17, 15) is 9.59 Å². The van der Waals surface area contributed by atoms with Crippen LogP contribution in [0.15, 0.2) is 30.3 Å². The van der Waals surface area contributed by atoms with E-state index in [2.05, 4.69) is 0 Å². The standard InChI is InChI=1S/C13H17NO4/c1-10(2)14(11-6-4-3-5-7-11)12(15)8-18-9-13(16)17/h3-7,10H,8-9H2,1-2H3,(H,16,17). The molecule has 0 saturated heterocycles. The molecule has 0 atom stereocenters. The molecular weight excluding hydrogens is 234 g/mol. The van der Waals surface area contributed by atoms with Crippen molar-refractivity contribution in [1.29, 1.82) is 0 Å². The second-order valence-corrected chi connectivity index (χ2v) is 4.08. The maximum absolute atomic E-state index is 12.0. The van der Waals surface area contributed by atoms with Gasteiger partial charge in [0.15, 0.2) is 0 Å². The van der Waals surface area contributed by atoms with Gasteiger partial charge in [-0.3, -0.25) is 4.79 Å². The minimum absolute atomic E-state index is 0.0201. The summed E-state index contributed by atoms with van der Waals surface area (Å²) in [4.78, 5) is 23.9. The van der Waals surface area contributed by atoms with E-state index in [1.807, 2.05) is 44.2 Å². The highest BCUT2D eigenvalue weighted by molar-refractivity contribution is 5.94. The van der Waals surface area contributed by atoms with Gasteiger partial charge in [0.2, 0.25) is 0 Å². The van der Waals surface area contributed by atoms with Gasteiger partial charge in [-0.1, -0.05) is 18.2 Å². The van der Waals surface area contributed by atoms with Crippen LogP contribution < -0.4 is 4.90 Å². The number of rotatable bonds is 6. The summed E-state index contributed by atoms with van der Waals surface area (Å²) >= 11 is 0. The lowest BCUT2D eigenvalue weighted by Crippen LogP contribution is -2.39. The molecule has 0 spiro atoms. The average molecular weight is 251 g/mol. The van der Waals surface area contributed by atoms with Gasteiger partial charge in [-0.05, 0) is 26.0 Å². The van der Waals surface area contributed by atoms with Crippen molar-refractivity contribution in [1.82, 2.24) is 0 Å². The summed E-state index contributed by atoms with van der Waals surface area (Å²) < 4.78 is 4.82. The van der Waals surface area contributed by atoms with Gasteiger partial charge in [0, 0.05) is 11.7 Å². The number of nitrogens with zero attached hydrogens (tertiary/aromatic N) is 1. The molecule has 1 aromatic rings. The number of carbonyl (C=O) groups excluding carboxylic acids is 1. The number of benzene rings is 1. The predicted molar refractivity (Wildman–Crippen MR) is 67.5 cm³/mol. The molecule has 98 valence electrons. The molecule has 0 radical (unpaired) electrons. The smallest absolute Gasteiger partial charge is 0.329 e. The van der Waals surface area contributed by atoms with Crippen LogP contribution in [0.3, 0.4) is 0 Å². The van der Waals surface area contributed by atoms with Crippen LogP contribution in [0.25, 0.3) is 0 Å². The first kappa shape index (κ1) is 14.2. The molecule has 5 heteroatoms. The number of carboxylic acids is 1. The molecule has 5 nitrogen and oxygen atoms in total. The van der Waals surface area contributed by atoms with Gasteiger partial charge in [0.1, 0.15) is 13.2 Å². The van der Waals surface area contributed by atoms with E-state index in [0.717, 1.165) is 5.69 Å². The van der Waals surface area contributed by atoms with E-state index in [-0.39, 0.29) is 18.6 Å². The quantitative estimate of drug-likeness (QED) is 0.832. The van der Waals surface area contributed by atoms with Crippen molar-refractivity contribution in [3.05, 3.63) is 30.3 Å². The van der Waals surface area contributed by atoms with E-state index in [0.29, 0.717) is 0 Å². The first-order chi connectivity index (χ1) is 8.52. The fourth-order valence-electron chi connectivity index (χ4n) is 1.61. The SMILES string of the molecule is CC(C)N(C(=O)COCC(=O)O)c1ccccc1. The van der Waals surface area contributed by atoms with Crippen molar-refractivity contribution in [2.24, 2.45) is 0 Å². The van der Waals surface area contributed by atoms with Crippen molar-refractivity contribution in [3.63, 3.8) is 0 Å². The lowest BCUT2D eigenvalue weighted by Gasteiger charge is -2.26. The van der Waals surface area contributed by atoms with Crippen LogP contribution in [-0.4, -0.2) is 36.2 Å². The molecule has 0 bridgehead atoms. The number of carboxylic acid groups (broad SMARTS) is 1. The lowest BCUT2D eigenvalue weighted by molar-refractivity contribution is -0.143. The molecule has 1 N–H and O–H groups in total. The van der Waals surface area contributed by atoms with Gasteiger partial charge in [-0.2, -0.15) is 0 Å². The number of hydrogen-bond acceptors (Lipinski definition) is 3. The Labute approximate surface area is 106 Å². The van der Waals surface area contributed by atoms with Gasteiger partial charge in [0.05, 0.1) is 0 Å². The third-order valence-corrected chi connectivity index (χ3v) is 2.27. The van der Waals surface area contributed by atoms with E-state index >= 15 is 0 Å². The maximum Gasteiger partial charge on any atom is 0.329 e. The number of hydrogen-bond donors (Lipinski definition) is 1. The van der Waals surface area contributed by atoms with Crippen molar-refractivity contribution in [2.75, 3.05) is 18.1 Å². The summed E-state index contributed by atoms with van der Waals surface area (Å²) in [5.74, 6) is -1.34. The third-order valence-electron chi connectivity index (χ3n) is 2.27. The van der Waals surface area contributed by atoms with Crippen LogP contribution in [0, 0.1) is 0 Å². The predicted octanol–water partition coefficient (Wildman–Crippen LogP) is 1.53. The fraction of sp³-hybridized carbons (Fsp3) is 0.385. The van der Waals surface area contributed by atoms with Crippen molar-refractivity contribution in [2.45, 2.75) is 19.9 Å². The van der Waals surface area contributed by atoms with Crippen molar-refractivity contribution < 1.29 is 19.4 Å². The summed E-state index contributed by atoms with van der Waals surface area (Å²) in [6, 6.07) is 9.19. The van der Waals surface area contributed by atoms with E-state index in [1.165, 1.54) is 0 Å². The van der Waals surface area contributed by atoms with Crippen LogP contribution in [-0.2, 0) is 14.3 Å². The molecule has 0 saturated carbocycles. The summed E-state index contributed by atoms with van der Waals surface area (Å²) in [5, 5.41) is 8.44. The molecule has 1 aromatic carbocycles. The Kier molecular flexibility index (Phi) is 5.32. The minimum Gasteiger partial charge on any atom is -0.480 e. The molecule has 1 amide bonds. The Hall–Kier alpha value is -1.88. The van der Waals surface area contributed by atoms with Crippen molar-refractivity contribution in [3.8, 4) is 0 Å². The van der Waals surface area contributed by atoms with Crippen LogP contribution in [0.2, 0.25) is 0 Å². The number of aliphatic carboxylic acids is 1. The molecule has 0 heterocycles. The topological polar surface area (TPSA) is 66.8 Å². The summed E-state index contributed by atoms with van der Waals surface area (Å²) in [7, 11) is 0. The van der Waals surface area contributed by atoms with Gasteiger partial charge in [0.25, 0.3) is 5.91 Å². The second-order valence-electron chi connectivity index (χ2n) is 4.08. The molecule has 0 unspecified atom stereocenters. The van der Waals surface area contributed by atoms with Crippen LogP contribution in [0.1, 0.15) is 13.8 Å². The van der Waals surface area contributed by atoms with Crippen LogP contribution in [0.5, 0.6) is 0 Å². The highest BCUT2D eigenvalue weighted by Crippen LogP contribution is 2.16. The molecule has 0 aliphatic carbocycles. The number of anilines is 1. The molecule has 1 rings (SSSR count). The highest BCUT2D eigenvalue weighted by Gasteiger charge is 2.18.